The first-order chi connectivity index (χ1) is 18.5. The lowest BCUT2D eigenvalue weighted by Crippen LogP contribution is -2.31. The molecule has 0 atom stereocenters. The topological polar surface area (TPSA) is 72.9 Å². The van der Waals surface area contributed by atoms with Crippen molar-refractivity contribution >= 4 is 5.95 Å². The van der Waals surface area contributed by atoms with E-state index in [1.807, 2.05) is 12.1 Å². The monoisotopic (exact) mass is 544 g/mol. The average Bonchev–Trinajstić information content (AvgIpc) is 3.54. The number of halogens is 6. The van der Waals surface area contributed by atoms with Gasteiger partial charge in [0, 0.05) is 24.7 Å². The summed E-state index contributed by atoms with van der Waals surface area (Å²) in [5, 5.41) is 7.94. The maximum Gasteiger partial charge on any atom is 0.417 e. The summed E-state index contributed by atoms with van der Waals surface area (Å²) in [6.07, 6.45) is -5.91. The Balaban J connectivity index is 1.23. The molecule has 0 saturated heterocycles. The van der Waals surface area contributed by atoms with Crippen molar-refractivity contribution in [2.75, 3.05) is 11.4 Å². The molecule has 0 spiro atoms. The molecular formula is C26H18F6N6O. The molecule has 0 aliphatic carbocycles. The molecule has 0 bridgehead atoms. The Bertz CT molecular complexity index is 1620. The third-order valence-corrected chi connectivity index (χ3v) is 6.52. The molecule has 39 heavy (non-hydrogen) atoms. The van der Waals surface area contributed by atoms with E-state index in [0.717, 1.165) is 19.0 Å². The third-order valence-electron chi connectivity index (χ3n) is 6.52. The Morgan fingerprint density at radius 3 is 2.38 bits per heavy atom. The standard InChI is InChI=1S/C26H18F6N6O/c27-25(28,29)17-5-6-19(20(9-17)26(30,31)32)21-10-18(39-36-21)13-38-14-23-22(11-33-38)34-24(35-23)37-8-7-15-3-1-2-4-16(15)12-37/h1-6,9-11,14H,7-8,12-13H2. The van der Waals surface area contributed by atoms with Crippen molar-refractivity contribution in [2.24, 2.45) is 0 Å². The quantitative estimate of drug-likeness (QED) is 0.256. The van der Waals surface area contributed by atoms with Crippen molar-refractivity contribution in [3.8, 4) is 22.6 Å². The summed E-state index contributed by atoms with van der Waals surface area (Å²) in [4.78, 5) is 11.3. The van der Waals surface area contributed by atoms with Crippen LogP contribution in [0.1, 0.15) is 28.0 Å². The van der Waals surface area contributed by atoms with Crippen LogP contribution in [0.25, 0.3) is 22.6 Å². The van der Waals surface area contributed by atoms with Gasteiger partial charge in [0.05, 0.1) is 23.5 Å². The zero-order valence-electron chi connectivity index (χ0n) is 20.0. The molecule has 13 heteroatoms. The number of aromatic nitrogens is 5. The average molecular weight is 544 g/mol. The second-order valence-corrected chi connectivity index (χ2v) is 9.14. The van der Waals surface area contributed by atoms with Gasteiger partial charge in [0.1, 0.15) is 23.6 Å². The summed E-state index contributed by atoms with van der Waals surface area (Å²) < 4.78 is 86.3. The highest BCUT2D eigenvalue weighted by atomic mass is 19.4. The summed E-state index contributed by atoms with van der Waals surface area (Å²) in [6.45, 7) is 1.46. The molecular weight excluding hydrogens is 526 g/mol. The van der Waals surface area contributed by atoms with Crippen LogP contribution in [0.5, 0.6) is 0 Å². The van der Waals surface area contributed by atoms with Gasteiger partial charge in [-0.2, -0.15) is 31.4 Å². The molecule has 7 nitrogen and oxygen atoms in total. The highest BCUT2D eigenvalue weighted by molar-refractivity contribution is 5.65. The predicted octanol–water partition coefficient (Wildman–Crippen LogP) is 6.08. The molecule has 2 aromatic carbocycles. The van der Waals surface area contributed by atoms with Crippen LogP contribution >= 0.6 is 0 Å². The van der Waals surface area contributed by atoms with Crippen LogP contribution in [0.3, 0.4) is 0 Å². The molecule has 200 valence electrons. The minimum absolute atomic E-state index is 0.00418. The SMILES string of the molecule is FC(F)(F)c1ccc(-c2cc(Cn3cc4nc(N5CCc6ccccc6C5)nc-4cn3)on2)c(C(F)(F)F)c1. The first-order valence-corrected chi connectivity index (χ1v) is 11.8. The highest BCUT2D eigenvalue weighted by Gasteiger charge is 2.39. The van der Waals surface area contributed by atoms with Crippen molar-refractivity contribution in [2.45, 2.75) is 31.9 Å². The molecule has 0 fully saturated rings. The summed E-state index contributed by atoms with van der Waals surface area (Å²) in [6, 6.07) is 10.8. The lowest BCUT2D eigenvalue weighted by molar-refractivity contribution is -0.142. The van der Waals surface area contributed by atoms with E-state index in [1.54, 1.807) is 6.20 Å². The van der Waals surface area contributed by atoms with Gasteiger partial charge >= 0.3 is 12.4 Å². The van der Waals surface area contributed by atoms with Gasteiger partial charge in [-0.3, -0.25) is 4.68 Å². The van der Waals surface area contributed by atoms with Crippen molar-refractivity contribution in [1.82, 2.24) is 24.9 Å². The fraction of sp³-hybridized carbons (Fsp3) is 0.231. The molecule has 0 unspecified atom stereocenters. The van der Waals surface area contributed by atoms with Crippen molar-refractivity contribution < 1.29 is 30.9 Å². The maximum absolute atomic E-state index is 13.6. The third kappa shape index (κ3) is 4.91. The first-order valence-electron chi connectivity index (χ1n) is 11.8. The summed E-state index contributed by atoms with van der Waals surface area (Å²) >= 11 is 0. The van der Waals surface area contributed by atoms with E-state index in [-0.39, 0.29) is 24.1 Å². The lowest BCUT2D eigenvalue weighted by atomic mass is 10.0. The number of anilines is 1. The number of alkyl halides is 6. The smallest absolute Gasteiger partial charge is 0.359 e. The summed E-state index contributed by atoms with van der Waals surface area (Å²) in [7, 11) is 0. The second-order valence-electron chi connectivity index (χ2n) is 9.14. The van der Waals surface area contributed by atoms with Crippen molar-refractivity contribution in [3.05, 3.63) is 88.9 Å². The highest BCUT2D eigenvalue weighted by Crippen LogP contribution is 2.40. The first kappa shape index (κ1) is 24.9. The van der Waals surface area contributed by atoms with Gasteiger partial charge in [-0.25, -0.2) is 9.97 Å². The van der Waals surface area contributed by atoms with Crippen LogP contribution in [-0.2, 0) is 31.9 Å². The van der Waals surface area contributed by atoms with E-state index >= 15 is 0 Å². The Hall–Kier alpha value is -4.42. The van der Waals surface area contributed by atoms with Crippen LogP contribution in [0.2, 0.25) is 0 Å². The lowest BCUT2D eigenvalue weighted by Gasteiger charge is -2.27. The number of fused-ring (bicyclic) bond motifs is 2. The van der Waals surface area contributed by atoms with E-state index in [9.17, 15) is 26.3 Å². The Labute approximate surface area is 217 Å². The molecule has 3 aliphatic rings. The van der Waals surface area contributed by atoms with Crippen LogP contribution in [0.15, 0.2) is 65.4 Å². The largest absolute Gasteiger partial charge is 0.417 e. The van der Waals surface area contributed by atoms with E-state index in [2.05, 4.69) is 37.3 Å². The normalized spacial score (nSPS) is 14.2. The van der Waals surface area contributed by atoms with Gasteiger partial charge < -0.3 is 9.42 Å². The number of imidazole rings is 1. The van der Waals surface area contributed by atoms with Gasteiger partial charge in [-0.15, -0.1) is 0 Å². The number of hydrogen-bond donors (Lipinski definition) is 0. The minimum Gasteiger partial charge on any atom is -0.359 e. The van der Waals surface area contributed by atoms with Crippen LogP contribution in [0.4, 0.5) is 32.3 Å². The minimum atomic E-state index is -5.03. The second kappa shape index (κ2) is 9.10. The molecule has 3 aromatic rings. The molecule has 3 aliphatic heterocycles. The van der Waals surface area contributed by atoms with Crippen LogP contribution in [0, 0.1) is 0 Å². The molecule has 0 saturated carbocycles. The fourth-order valence-corrected chi connectivity index (χ4v) is 4.60. The number of rotatable bonds is 4. The van der Waals surface area contributed by atoms with Crippen LogP contribution in [-0.4, -0.2) is 31.4 Å². The predicted molar refractivity (Wildman–Crippen MR) is 127 cm³/mol. The Morgan fingerprint density at radius 1 is 0.846 bits per heavy atom. The van der Waals surface area contributed by atoms with Crippen molar-refractivity contribution in [1.29, 1.82) is 0 Å². The van der Waals surface area contributed by atoms with Crippen LogP contribution < -0.4 is 4.90 Å². The van der Waals surface area contributed by atoms with Crippen molar-refractivity contribution in [3.63, 3.8) is 0 Å². The zero-order chi connectivity index (χ0) is 27.4. The van der Waals surface area contributed by atoms with Gasteiger partial charge in [0.25, 0.3) is 0 Å². The fourth-order valence-electron chi connectivity index (χ4n) is 4.60. The van der Waals surface area contributed by atoms with E-state index in [0.29, 0.717) is 29.9 Å². The van der Waals surface area contributed by atoms with Gasteiger partial charge in [-0.1, -0.05) is 35.5 Å². The molecule has 0 N–H and O–H groups in total. The van der Waals surface area contributed by atoms with E-state index in [4.69, 9.17) is 4.52 Å². The molecule has 1 aromatic heterocycles. The number of hydrogen-bond acceptors (Lipinski definition) is 6. The summed E-state index contributed by atoms with van der Waals surface area (Å²) in [5.41, 5.74) is 0.0485. The molecule has 0 radical (unpaired) electrons. The molecule has 6 rings (SSSR count). The summed E-state index contributed by atoms with van der Waals surface area (Å²) in [5.74, 6) is 0.727. The number of benzene rings is 2. The van der Waals surface area contributed by atoms with Gasteiger partial charge in [-0.05, 0) is 29.7 Å². The van der Waals surface area contributed by atoms with Gasteiger partial charge in [0.2, 0.25) is 5.95 Å². The zero-order valence-corrected chi connectivity index (χ0v) is 20.0. The molecule has 0 amide bonds. The van der Waals surface area contributed by atoms with Gasteiger partial charge in [0.15, 0.2) is 5.76 Å². The van der Waals surface area contributed by atoms with E-state index in [1.165, 1.54) is 28.1 Å². The maximum atomic E-state index is 13.6. The van der Waals surface area contributed by atoms with E-state index < -0.39 is 29.0 Å². The number of nitrogens with zero attached hydrogens (tertiary/aromatic N) is 6. The molecule has 4 heterocycles. The Morgan fingerprint density at radius 2 is 1.62 bits per heavy atom. The Kier molecular flexibility index (Phi) is 5.81.